The second kappa shape index (κ2) is 6.60. The number of sulfonamides is 1. The van der Waals surface area contributed by atoms with E-state index in [-0.39, 0.29) is 9.77 Å². The van der Waals surface area contributed by atoms with Crippen molar-refractivity contribution in [1.29, 1.82) is 0 Å². The molecule has 1 aliphatic heterocycles. The van der Waals surface area contributed by atoms with Gasteiger partial charge in [-0.2, -0.15) is 0 Å². The van der Waals surface area contributed by atoms with Crippen LogP contribution in [-0.4, -0.2) is 31.0 Å². The van der Waals surface area contributed by atoms with Gasteiger partial charge in [0.15, 0.2) is 0 Å². The Morgan fingerprint density at radius 3 is 2.96 bits per heavy atom. The van der Waals surface area contributed by atoms with Gasteiger partial charge in [0.05, 0.1) is 5.56 Å². The van der Waals surface area contributed by atoms with Gasteiger partial charge in [0, 0.05) is 29.9 Å². The largest absolute Gasteiger partial charge is 0.478 e. The van der Waals surface area contributed by atoms with E-state index in [0.29, 0.717) is 30.6 Å². The molecule has 2 aromatic heterocycles. The van der Waals surface area contributed by atoms with E-state index in [2.05, 4.69) is 15.0 Å². The predicted molar refractivity (Wildman–Crippen MR) is 89.7 cm³/mol. The van der Waals surface area contributed by atoms with Gasteiger partial charge in [0.25, 0.3) is 10.0 Å². The lowest BCUT2D eigenvalue weighted by molar-refractivity contribution is 0.0692. The van der Waals surface area contributed by atoms with Crippen molar-refractivity contribution in [1.82, 2.24) is 15.0 Å². The number of hydrogen-bond acceptors (Lipinski definition) is 6. The van der Waals surface area contributed by atoms with Crippen molar-refractivity contribution in [2.24, 2.45) is 0 Å². The van der Waals surface area contributed by atoms with Crippen molar-refractivity contribution in [3.05, 3.63) is 46.1 Å². The summed E-state index contributed by atoms with van der Waals surface area (Å²) in [6.07, 6.45) is 3.70. The molecule has 1 aliphatic rings. The highest BCUT2D eigenvalue weighted by molar-refractivity contribution is 7.91. The number of nitrogens with zero attached hydrogens (tertiary/aromatic N) is 1. The summed E-state index contributed by atoms with van der Waals surface area (Å²) in [4.78, 5) is 16.4. The fraction of sp³-hybridized carbons (Fsp3) is 0.333. The molecule has 3 heterocycles. The molecule has 0 spiro atoms. The molecule has 0 aromatic carbocycles. The number of thiophene rings is 1. The molecule has 0 bridgehead atoms. The average molecular weight is 367 g/mol. The van der Waals surface area contributed by atoms with E-state index in [1.54, 1.807) is 31.5 Å². The van der Waals surface area contributed by atoms with Crippen LogP contribution in [0.2, 0.25) is 0 Å². The van der Waals surface area contributed by atoms with Gasteiger partial charge in [-0.15, -0.1) is 11.3 Å². The molecule has 0 amide bonds. The molecule has 128 valence electrons. The quantitative estimate of drug-likeness (QED) is 0.739. The minimum atomic E-state index is -3.95. The summed E-state index contributed by atoms with van der Waals surface area (Å²) in [6.45, 7) is 2.83. The third-order valence-corrected chi connectivity index (χ3v) is 7.16. The lowest BCUT2D eigenvalue weighted by atomic mass is 10.1. The lowest BCUT2D eigenvalue weighted by Gasteiger charge is -2.14. The molecular weight excluding hydrogens is 350 g/mol. The third kappa shape index (κ3) is 3.20. The Kier molecular flexibility index (Phi) is 4.68. The summed E-state index contributed by atoms with van der Waals surface area (Å²) < 4.78 is 27.9. The molecule has 3 N–H and O–H groups in total. The van der Waals surface area contributed by atoms with Gasteiger partial charge in [-0.1, -0.05) is 6.07 Å². The number of aromatic carboxylic acids is 1. The van der Waals surface area contributed by atoms with E-state index in [4.69, 9.17) is 0 Å². The summed E-state index contributed by atoms with van der Waals surface area (Å²) in [6, 6.07) is 2.97. The fourth-order valence-electron chi connectivity index (χ4n) is 2.70. The molecule has 7 nitrogen and oxygen atoms in total. The Labute approximate surface area is 143 Å². The van der Waals surface area contributed by atoms with Crippen LogP contribution in [0.25, 0.3) is 0 Å². The first-order valence-corrected chi connectivity index (χ1v) is 9.71. The normalized spacial score (nSPS) is 15.7. The van der Waals surface area contributed by atoms with E-state index in [1.807, 2.05) is 0 Å². The summed E-state index contributed by atoms with van der Waals surface area (Å²) >= 11 is 1.02. The molecule has 9 heteroatoms. The van der Waals surface area contributed by atoms with Gasteiger partial charge in [0.1, 0.15) is 4.21 Å². The maximum absolute atomic E-state index is 12.8. The first-order chi connectivity index (χ1) is 11.4. The van der Waals surface area contributed by atoms with Crippen molar-refractivity contribution in [3.63, 3.8) is 0 Å². The molecule has 0 radical (unpaired) electrons. The molecular formula is C15H17N3O4S2. The van der Waals surface area contributed by atoms with Crippen LogP contribution >= 0.6 is 11.3 Å². The lowest BCUT2D eigenvalue weighted by Crippen LogP contribution is -2.28. The third-order valence-electron chi connectivity index (χ3n) is 3.87. The van der Waals surface area contributed by atoms with Crippen LogP contribution in [0.15, 0.2) is 28.7 Å². The zero-order valence-corrected chi connectivity index (χ0v) is 14.6. The smallest absolute Gasteiger partial charge is 0.338 e. The molecule has 3 rings (SSSR count). The average Bonchev–Trinajstić information content (AvgIpc) is 2.96. The Hall–Kier alpha value is -1.81. The van der Waals surface area contributed by atoms with Crippen LogP contribution in [0.1, 0.15) is 39.3 Å². The number of carbonyl (C=O) groups is 1. The number of aromatic nitrogens is 1. The van der Waals surface area contributed by atoms with Crippen molar-refractivity contribution in [3.8, 4) is 0 Å². The van der Waals surface area contributed by atoms with Gasteiger partial charge in [-0.25, -0.2) is 17.9 Å². The van der Waals surface area contributed by atoms with Crippen LogP contribution in [0.3, 0.4) is 0 Å². The minimum Gasteiger partial charge on any atom is -0.478 e. The topological polar surface area (TPSA) is 108 Å². The van der Waals surface area contributed by atoms with E-state index >= 15 is 0 Å². The highest BCUT2D eigenvalue weighted by Crippen LogP contribution is 2.35. The van der Waals surface area contributed by atoms with Crippen LogP contribution in [0.4, 0.5) is 0 Å². The van der Waals surface area contributed by atoms with E-state index in [0.717, 1.165) is 16.2 Å². The molecule has 0 saturated carbocycles. The Balaban J connectivity index is 1.98. The van der Waals surface area contributed by atoms with Crippen LogP contribution in [0.5, 0.6) is 0 Å². The first-order valence-electron chi connectivity index (χ1n) is 7.41. The Morgan fingerprint density at radius 1 is 1.50 bits per heavy atom. The van der Waals surface area contributed by atoms with E-state index < -0.39 is 22.0 Å². The number of fused-ring (bicyclic) bond motifs is 1. The molecule has 2 aromatic rings. The molecule has 0 unspecified atom stereocenters. The number of carboxylic acids is 1. The summed E-state index contributed by atoms with van der Waals surface area (Å²) in [5.41, 5.74) is 1.24. The number of pyridine rings is 1. The second-order valence-electron chi connectivity index (χ2n) is 5.53. The minimum absolute atomic E-state index is 0.0950. The zero-order chi connectivity index (χ0) is 17.3. The molecule has 0 fully saturated rings. The van der Waals surface area contributed by atoms with Crippen molar-refractivity contribution in [2.75, 3.05) is 6.54 Å². The molecule has 0 saturated heterocycles. The van der Waals surface area contributed by atoms with Crippen molar-refractivity contribution in [2.45, 2.75) is 30.1 Å². The predicted octanol–water partition coefficient (Wildman–Crippen LogP) is 1.53. The van der Waals surface area contributed by atoms with Gasteiger partial charge in [0.2, 0.25) is 0 Å². The highest BCUT2D eigenvalue weighted by Gasteiger charge is 2.32. The van der Waals surface area contributed by atoms with E-state index in [9.17, 15) is 18.3 Å². The first kappa shape index (κ1) is 17.0. The van der Waals surface area contributed by atoms with Gasteiger partial charge < -0.3 is 10.4 Å². The summed E-state index contributed by atoms with van der Waals surface area (Å²) in [7, 11) is -3.95. The van der Waals surface area contributed by atoms with Crippen LogP contribution in [0, 0.1) is 0 Å². The van der Waals surface area contributed by atoms with Gasteiger partial charge in [-0.05, 0) is 37.1 Å². The zero-order valence-electron chi connectivity index (χ0n) is 12.9. The number of rotatable bonds is 5. The number of hydrogen-bond donors (Lipinski definition) is 3. The maximum atomic E-state index is 12.8. The maximum Gasteiger partial charge on any atom is 0.338 e. The molecule has 1 atom stereocenters. The number of nitrogens with one attached hydrogen (secondary N) is 2. The molecule has 0 aliphatic carbocycles. The SMILES string of the molecule is C[C@H](NS(=O)(=O)c1sc2c(c1C(=O)O)CCNC2)c1cccnc1. The summed E-state index contributed by atoms with van der Waals surface area (Å²) in [5, 5.41) is 12.6. The van der Waals surface area contributed by atoms with Crippen molar-refractivity contribution < 1.29 is 18.3 Å². The Bertz CT molecular complexity index is 862. The van der Waals surface area contributed by atoms with Crippen LogP contribution < -0.4 is 10.0 Å². The Morgan fingerprint density at radius 2 is 2.29 bits per heavy atom. The second-order valence-corrected chi connectivity index (χ2v) is 8.54. The highest BCUT2D eigenvalue weighted by atomic mass is 32.2. The monoisotopic (exact) mass is 367 g/mol. The standard InChI is InChI=1S/C15H17N3O4S2/c1-9(10-3-2-5-16-7-10)18-24(21,22)15-13(14(19)20)11-4-6-17-8-12(11)23-15/h2-3,5,7,9,17-18H,4,6,8H2,1H3,(H,19,20)/t9-/m0/s1. The van der Waals surface area contributed by atoms with Gasteiger partial charge >= 0.3 is 5.97 Å². The number of carboxylic acid groups (broad SMARTS) is 1. The summed E-state index contributed by atoms with van der Waals surface area (Å²) in [5.74, 6) is -1.20. The van der Waals surface area contributed by atoms with E-state index in [1.165, 1.54) is 0 Å². The van der Waals surface area contributed by atoms with Crippen molar-refractivity contribution >= 4 is 27.3 Å². The van der Waals surface area contributed by atoms with Crippen LogP contribution in [-0.2, 0) is 23.0 Å². The van der Waals surface area contributed by atoms with Gasteiger partial charge in [-0.3, -0.25) is 4.98 Å². The fourth-order valence-corrected chi connectivity index (χ4v) is 5.81. The molecule has 24 heavy (non-hydrogen) atoms.